The van der Waals surface area contributed by atoms with Crippen LogP contribution in [-0.4, -0.2) is 22.5 Å². The second kappa shape index (κ2) is 5.05. The molecule has 0 saturated carbocycles. The molecular formula is C12H12N2O2S. The van der Waals surface area contributed by atoms with Crippen LogP contribution in [0, 0.1) is 6.92 Å². The van der Waals surface area contributed by atoms with Gasteiger partial charge in [-0.05, 0) is 26.0 Å². The fraction of sp³-hybridized carbons (Fsp3) is 0.250. The Balaban J connectivity index is 2.34. The van der Waals surface area contributed by atoms with Crippen LogP contribution < -0.4 is 0 Å². The van der Waals surface area contributed by atoms with Gasteiger partial charge < -0.3 is 4.74 Å². The average molecular weight is 248 g/mol. The predicted molar refractivity (Wildman–Crippen MR) is 66.0 cm³/mol. The Morgan fingerprint density at radius 3 is 2.94 bits per heavy atom. The van der Waals surface area contributed by atoms with Crippen molar-refractivity contribution in [2.24, 2.45) is 0 Å². The molecule has 2 aromatic rings. The van der Waals surface area contributed by atoms with Gasteiger partial charge in [-0.25, -0.2) is 9.78 Å². The molecule has 0 aliphatic rings. The van der Waals surface area contributed by atoms with Crippen molar-refractivity contribution >= 4 is 17.3 Å². The molecule has 2 heterocycles. The summed E-state index contributed by atoms with van der Waals surface area (Å²) in [6.45, 7) is 3.99. The molecule has 5 heteroatoms. The molecule has 0 spiro atoms. The Morgan fingerprint density at radius 2 is 2.29 bits per heavy atom. The Morgan fingerprint density at radius 1 is 1.47 bits per heavy atom. The van der Waals surface area contributed by atoms with Gasteiger partial charge in [0.1, 0.15) is 5.01 Å². The molecule has 0 unspecified atom stereocenters. The number of hydrogen-bond donors (Lipinski definition) is 0. The maximum Gasteiger partial charge on any atom is 0.358 e. The van der Waals surface area contributed by atoms with Gasteiger partial charge in [-0.2, -0.15) is 0 Å². The number of esters is 1. The van der Waals surface area contributed by atoms with Gasteiger partial charge in [-0.3, -0.25) is 4.98 Å². The van der Waals surface area contributed by atoms with Crippen molar-refractivity contribution in [1.29, 1.82) is 0 Å². The predicted octanol–water partition coefficient (Wildman–Crippen LogP) is 2.69. The Bertz CT molecular complexity index is 523. The van der Waals surface area contributed by atoms with Gasteiger partial charge in [0.2, 0.25) is 0 Å². The molecule has 0 saturated heterocycles. The molecular weight excluding hydrogens is 236 g/mol. The van der Waals surface area contributed by atoms with Crippen LogP contribution in [0.5, 0.6) is 0 Å². The maximum atomic E-state index is 11.6. The van der Waals surface area contributed by atoms with Crippen LogP contribution in [0.1, 0.15) is 22.3 Å². The number of pyridine rings is 1. The first-order valence-electron chi connectivity index (χ1n) is 5.28. The molecule has 0 N–H and O–H groups in total. The molecule has 0 aliphatic carbocycles. The van der Waals surface area contributed by atoms with E-state index in [2.05, 4.69) is 9.97 Å². The third-order valence-electron chi connectivity index (χ3n) is 2.15. The summed E-state index contributed by atoms with van der Waals surface area (Å²) in [4.78, 5) is 20.9. The summed E-state index contributed by atoms with van der Waals surface area (Å²) < 4.78 is 4.94. The Labute approximate surface area is 103 Å². The molecule has 88 valence electrons. The lowest BCUT2D eigenvalue weighted by atomic mass is 10.3. The molecule has 0 bridgehead atoms. The normalized spacial score (nSPS) is 10.2. The summed E-state index contributed by atoms with van der Waals surface area (Å²) in [6.07, 6.45) is 1.70. The third kappa shape index (κ3) is 2.50. The standard InChI is InChI=1S/C12H12N2O2S/c1-3-16-12(15)10-8(2)17-11(14-10)9-6-4-5-7-13-9/h4-7H,3H2,1-2H3. The number of nitrogens with zero attached hydrogens (tertiary/aromatic N) is 2. The van der Waals surface area contributed by atoms with Crippen molar-refractivity contribution in [2.75, 3.05) is 6.61 Å². The zero-order valence-corrected chi connectivity index (χ0v) is 10.5. The number of carbonyl (C=O) groups is 1. The minimum atomic E-state index is -0.372. The molecule has 2 aromatic heterocycles. The Kier molecular flexibility index (Phi) is 3.49. The van der Waals surface area contributed by atoms with E-state index in [1.807, 2.05) is 25.1 Å². The van der Waals surface area contributed by atoms with E-state index in [1.165, 1.54) is 11.3 Å². The van der Waals surface area contributed by atoms with E-state index >= 15 is 0 Å². The van der Waals surface area contributed by atoms with Crippen LogP contribution in [0.25, 0.3) is 10.7 Å². The molecule has 0 atom stereocenters. The number of aromatic nitrogens is 2. The topological polar surface area (TPSA) is 52.1 Å². The number of carbonyl (C=O) groups excluding carboxylic acids is 1. The second-order valence-corrected chi connectivity index (χ2v) is 4.56. The summed E-state index contributed by atoms with van der Waals surface area (Å²) in [5, 5.41) is 0.742. The number of rotatable bonds is 3. The summed E-state index contributed by atoms with van der Waals surface area (Å²) in [6, 6.07) is 5.60. The highest BCUT2D eigenvalue weighted by Gasteiger charge is 2.17. The summed E-state index contributed by atoms with van der Waals surface area (Å²) in [7, 11) is 0. The van der Waals surface area contributed by atoms with Gasteiger partial charge in [0, 0.05) is 11.1 Å². The first-order chi connectivity index (χ1) is 8.22. The molecule has 2 rings (SSSR count). The monoisotopic (exact) mass is 248 g/mol. The van der Waals surface area contributed by atoms with E-state index in [9.17, 15) is 4.79 Å². The van der Waals surface area contributed by atoms with E-state index in [-0.39, 0.29) is 5.97 Å². The first-order valence-corrected chi connectivity index (χ1v) is 6.10. The van der Waals surface area contributed by atoms with Crippen molar-refractivity contribution in [3.8, 4) is 10.7 Å². The van der Waals surface area contributed by atoms with Crippen molar-refractivity contribution in [1.82, 2.24) is 9.97 Å². The lowest BCUT2D eigenvalue weighted by Crippen LogP contribution is -2.06. The van der Waals surface area contributed by atoms with E-state index < -0.39 is 0 Å². The van der Waals surface area contributed by atoms with Gasteiger partial charge in [-0.15, -0.1) is 11.3 Å². The van der Waals surface area contributed by atoms with Gasteiger partial charge in [0.25, 0.3) is 0 Å². The van der Waals surface area contributed by atoms with Crippen molar-refractivity contribution in [2.45, 2.75) is 13.8 Å². The van der Waals surface area contributed by atoms with Crippen LogP contribution in [0.2, 0.25) is 0 Å². The van der Waals surface area contributed by atoms with Crippen molar-refractivity contribution < 1.29 is 9.53 Å². The molecule has 0 fully saturated rings. The lowest BCUT2D eigenvalue weighted by Gasteiger charge is -1.97. The molecule has 0 aromatic carbocycles. The van der Waals surface area contributed by atoms with Crippen LogP contribution in [0.3, 0.4) is 0 Å². The summed E-state index contributed by atoms with van der Waals surface area (Å²) >= 11 is 1.45. The zero-order valence-electron chi connectivity index (χ0n) is 9.64. The summed E-state index contributed by atoms with van der Waals surface area (Å²) in [5.41, 5.74) is 1.16. The molecule has 0 radical (unpaired) electrons. The van der Waals surface area contributed by atoms with Gasteiger partial charge >= 0.3 is 5.97 Å². The molecule has 0 aliphatic heterocycles. The number of thiazole rings is 1. The van der Waals surface area contributed by atoms with E-state index in [0.29, 0.717) is 12.3 Å². The third-order valence-corrected chi connectivity index (χ3v) is 3.14. The van der Waals surface area contributed by atoms with Crippen molar-refractivity contribution in [3.05, 3.63) is 35.0 Å². The minimum absolute atomic E-state index is 0.356. The minimum Gasteiger partial charge on any atom is -0.461 e. The van der Waals surface area contributed by atoms with E-state index in [0.717, 1.165) is 15.6 Å². The number of hydrogen-bond acceptors (Lipinski definition) is 5. The van der Waals surface area contributed by atoms with Gasteiger partial charge in [0.05, 0.1) is 12.3 Å². The maximum absolute atomic E-state index is 11.6. The molecule has 0 amide bonds. The smallest absolute Gasteiger partial charge is 0.358 e. The van der Waals surface area contributed by atoms with Crippen LogP contribution in [-0.2, 0) is 4.74 Å². The average Bonchev–Trinajstić information content (AvgIpc) is 2.73. The quantitative estimate of drug-likeness (QED) is 0.784. The number of ether oxygens (including phenoxy) is 1. The van der Waals surface area contributed by atoms with Crippen LogP contribution in [0.15, 0.2) is 24.4 Å². The molecule has 17 heavy (non-hydrogen) atoms. The van der Waals surface area contributed by atoms with Gasteiger partial charge in [-0.1, -0.05) is 6.07 Å². The van der Waals surface area contributed by atoms with E-state index in [1.54, 1.807) is 13.1 Å². The zero-order chi connectivity index (χ0) is 12.3. The molecule has 4 nitrogen and oxygen atoms in total. The second-order valence-electron chi connectivity index (χ2n) is 3.36. The fourth-order valence-corrected chi connectivity index (χ4v) is 2.26. The SMILES string of the molecule is CCOC(=O)c1nc(-c2ccccn2)sc1C. The Hall–Kier alpha value is -1.75. The van der Waals surface area contributed by atoms with E-state index in [4.69, 9.17) is 4.74 Å². The number of aryl methyl sites for hydroxylation is 1. The van der Waals surface area contributed by atoms with Crippen molar-refractivity contribution in [3.63, 3.8) is 0 Å². The summed E-state index contributed by atoms with van der Waals surface area (Å²) in [5.74, 6) is -0.372. The van der Waals surface area contributed by atoms with Gasteiger partial charge in [0.15, 0.2) is 5.69 Å². The highest BCUT2D eigenvalue weighted by atomic mass is 32.1. The highest BCUT2D eigenvalue weighted by Crippen LogP contribution is 2.26. The van der Waals surface area contributed by atoms with Crippen LogP contribution >= 0.6 is 11.3 Å². The highest BCUT2D eigenvalue weighted by molar-refractivity contribution is 7.15. The largest absolute Gasteiger partial charge is 0.461 e. The van der Waals surface area contributed by atoms with Crippen LogP contribution in [0.4, 0.5) is 0 Å². The first kappa shape index (κ1) is 11.7. The lowest BCUT2D eigenvalue weighted by molar-refractivity contribution is 0.0519. The fourth-order valence-electron chi connectivity index (χ4n) is 1.38.